The first-order chi connectivity index (χ1) is 11.0. The topological polar surface area (TPSA) is 83.4 Å². The number of nitrogens with one attached hydrogen (secondary N) is 2. The third-order valence-electron chi connectivity index (χ3n) is 2.82. The van der Waals surface area contributed by atoms with Gasteiger partial charge in [0.25, 0.3) is 5.91 Å². The predicted octanol–water partition coefficient (Wildman–Crippen LogP) is 2.36. The lowest BCUT2D eigenvalue weighted by atomic mass is 10.2. The van der Waals surface area contributed by atoms with Crippen LogP contribution in [0.5, 0.6) is 0 Å². The summed E-state index contributed by atoms with van der Waals surface area (Å²) in [6.07, 6.45) is 3.16. The quantitative estimate of drug-likeness (QED) is 0.656. The van der Waals surface area contributed by atoms with Gasteiger partial charge in [-0.2, -0.15) is 5.10 Å². The molecule has 1 aromatic heterocycles. The summed E-state index contributed by atoms with van der Waals surface area (Å²) >= 11 is 0. The van der Waals surface area contributed by atoms with Crippen LogP contribution in [0.15, 0.2) is 53.9 Å². The van der Waals surface area contributed by atoms with Crippen molar-refractivity contribution in [2.45, 2.75) is 13.3 Å². The number of hydrazone groups is 1. The van der Waals surface area contributed by atoms with Crippen molar-refractivity contribution >= 4 is 23.2 Å². The van der Waals surface area contributed by atoms with E-state index >= 15 is 0 Å². The molecule has 2 rings (SSSR count). The molecular weight excluding hydrogens is 299 g/mol. The monoisotopic (exact) mass is 314 g/mol. The molecule has 2 amide bonds. The fourth-order valence-electron chi connectivity index (χ4n) is 1.73. The van der Waals surface area contributed by atoms with E-state index in [1.807, 2.05) is 0 Å². The molecule has 0 saturated heterocycles. The second kappa shape index (κ2) is 7.79. The molecule has 0 aliphatic heterocycles. The van der Waals surface area contributed by atoms with Crippen LogP contribution in [0.2, 0.25) is 0 Å². The van der Waals surface area contributed by atoms with E-state index in [1.54, 1.807) is 25.3 Å². The largest absolute Gasteiger partial charge is 0.324 e. The van der Waals surface area contributed by atoms with Gasteiger partial charge in [0.2, 0.25) is 5.91 Å². The molecule has 23 heavy (non-hydrogen) atoms. The Morgan fingerprint density at radius 3 is 2.61 bits per heavy atom. The fraction of sp³-hybridized carbons (Fsp3) is 0.125. The van der Waals surface area contributed by atoms with E-state index in [0.717, 1.165) is 0 Å². The van der Waals surface area contributed by atoms with Gasteiger partial charge >= 0.3 is 0 Å². The van der Waals surface area contributed by atoms with Gasteiger partial charge in [-0.05, 0) is 43.3 Å². The van der Waals surface area contributed by atoms with Gasteiger partial charge in [0.05, 0.1) is 18.3 Å². The number of aromatic nitrogens is 1. The molecule has 0 aliphatic carbocycles. The number of pyridine rings is 1. The molecule has 2 N–H and O–H groups in total. The summed E-state index contributed by atoms with van der Waals surface area (Å²) in [5.41, 5.74) is 3.62. The summed E-state index contributed by atoms with van der Waals surface area (Å²) in [7, 11) is 0. The van der Waals surface area contributed by atoms with Crippen LogP contribution < -0.4 is 10.7 Å². The SMILES string of the molecule is C/C(CC(=O)Nc1cccnc1)=N/NC(=O)c1ccc(F)cc1. The Bertz CT molecular complexity index is 715. The van der Waals surface area contributed by atoms with Gasteiger partial charge in [-0.15, -0.1) is 0 Å². The number of amides is 2. The van der Waals surface area contributed by atoms with Gasteiger partial charge in [-0.1, -0.05) is 0 Å². The van der Waals surface area contributed by atoms with Crippen LogP contribution in [0.25, 0.3) is 0 Å². The van der Waals surface area contributed by atoms with Crippen molar-refractivity contribution in [3.63, 3.8) is 0 Å². The lowest BCUT2D eigenvalue weighted by molar-refractivity contribution is -0.115. The fourth-order valence-corrected chi connectivity index (χ4v) is 1.73. The van der Waals surface area contributed by atoms with Gasteiger partial charge in [0.1, 0.15) is 5.82 Å². The summed E-state index contributed by atoms with van der Waals surface area (Å²) in [6.45, 7) is 1.62. The molecule has 7 heteroatoms. The minimum atomic E-state index is -0.475. The van der Waals surface area contributed by atoms with Gasteiger partial charge in [-0.3, -0.25) is 14.6 Å². The van der Waals surface area contributed by atoms with E-state index < -0.39 is 11.7 Å². The number of hydrogen-bond acceptors (Lipinski definition) is 4. The average molecular weight is 314 g/mol. The molecule has 6 nitrogen and oxygen atoms in total. The molecule has 0 fully saturated rings. The molecule has 0 spiro atoms. The summed E-state index contributed by atoms with van der Waals surface area (Å²) < 4.78 is 12.8. The molecule has 0 radical (unpaired) electrons. The summed E-state index contributed by atoms with van der Waals surface area (Å²) in [6, 6.07) is 8.50. The Labute approximate surface area is 132 Å². The van der Waals surface area contributed by atoms with Crippen molar-refractivity contribution in [1.82, 2.24) is 10.4 Å². The highest BCUT2D eigenvalue weighted by molar-refractivity contribution is 6.06. The van der Waals surface area contributed by atoms with E-state index in [-0.39, 0.29) is 17.9 Å². The number of rotatable bonds is 5. The van der Waals surface area contributed by atoms with Crippen molar-refractivity contribution in [2.75, 3.05) is 5.32 Å². The Hall–Kier alpha value is -3.09. The number of carbonyl (C=O) groups is 2. The summed E-state index contributed by atoms with van der Waals surface area (Å²) in [4.78, 5) is 27.5. The minimum absolute atomic E-state index is 0.0264. The Kier molecular flexibility index (Phi) is 5.51. The average Bonchev–Trinajstić information content (AvgIpc) is 2.54. The van der Waals surface area contributed by atoms with E-state index in [4.69, 9.17) is 0 Å². The Balaban J connectivity index is 1.86. The molecule has 0 unspecified atom stereocenters. The van der Waals surface area contributed by atoms with Crippen molar-refractivity contribution in [1.29, 1.82) is 0 Å². The van der Waals surface area contributed by atoms with Crippen LogP contribution >= 0.6 is 0 Å². The normalized spacial score (nSPS) is 11.0. The Morgan fingerprint density at radius 2 is 1.96 bits per heavy atom. The third kappa shape index (κ3) is 5.31. The zero-order valence-electron chi connectivity index (χ0n) is 12.4. The first-order valence-corrected chi connectivity index (χ1v) is 6.83. The van der Waals surface area contributed by atoms with Crippen LogP contribution in [0.4, 0.5) is 10.1 Å². The van der Waals surface area contributed by atoms with E-state index in [2.05, 4.69) is 20.8 Å². The zero-order valence-corrected chi connectivity index (χ0v) is 12.4. The number of halogens is 1. The predicted molar refractivity (Wildman–Crippen MR) is 84.5 cm³/mol. The van der Waals surface area contributed by atoms with Crippen molar-refractivity contribution in [2.24, 2.45) is 5.10 Å². The second-order valence-electron chi connectivity index (χ2n) is 4.76. The number of carbonyl (C=O) groups excluding carboxylic acids is 2. The zero-order chi connectivity index (χ0) is 16.7. The van der Waals surface area contributed by atoms with E-state index in [1.165, 1.54) is 30.5 Å². The minimum Gasteiger partial charge on any atom is -0.324 e. The number of benzene rings is 1. The van der Waals surface area contributed by atoms with Gasteiger partial charge in [0, 0.05) is 17.5 Å². The first kappa shape index (κ1) is 16.3. The van der Waals surface area contributed by atoms with Crippen molar-refractivity contribution < 1.29 is 14.0 Å². The summed E-state index contributed by atoms with van der Waals surface area (Å²) in [5.74, 6) is -1.17. The van der Waals surface area contributed by atoms with Gasteiger partial charge in [-0.25, -0.2) is 9.82 Å². The number of hydrogen-bond donors (Lipinski definition) is 2. The maximum atomic E-state index is 12.8. The molecule has 2 aromatic rings. The van der Waals surface area contributed by atoms with Crippen LogP contribution in [0.1, 0.15) is 23.7 Å². The summed E-state index contributed by atoms with van der Waals surface area (Å²) in [5, 5.41) is 6.51. The molecule has 0 atom stereocenters. The van der Waals surface area contributed by atoms with Crippen LogP contribution in [0, 0.1) is 5.82 Å². The maximum Gasteiger partial charge on any atom is 0.271 e. The molecule has 1 heterocycles. The molecule has 118 valence electrons. The smallest absolute Gasteiger partial charge is 0.271 e. The van der Waals surface area contributed by atoms with Crippen LogP contribution in [-0.4, -0.2) is 22.5 Å². The second-order valence-corrected chi connectivity index (χ2v) is 4.76. The van der Waals surface area contributed by atoms with Crippen molar-refractivity contribution in [3.05, 3.63) is 60.2 Å². The van der Waals surface area contributed by atoms with Crippen LogP contribution in [-0.2, 0) is 4.79 Å². The highest BCUT2D eigenvalue weighted by atomic mass is 19.1. The molecule has 1 aromatic carbocycles. The first-order valence-electron chi connectivity index (χ1n) is 6.83. The molecule has 0 bridgehead atoms. The van der Waals surface area contributed by atoms with E-state index in [9.17, 15) is 14.0 Å². The Morgan fingerprint density at radius 1 is 1.22 bits per heavy atom. The maximum absolute atomic E-state index is 12.8. The number of nitrogens with zero attached hydrogens (tertiary/aromatic N) is 2. The molecule has 0 aliphatic rings. The van der Waals surface area contributed by atoms with E-state index in [0.29, 0.717) is 11.4 Å². The van der Waals surface area contributed by atoms with Crippen LogP contribution in [0.3, 0.4) is 0 Å². The lowest BCUT2D eigenvalue weighted by Gasteiger charge is -2.05. The highest BCUT2D eigenvalue weighted by Gasteiger charge is 2.07. The number of anilines is 1. The lowest BCUT2D eigenvalue weighted by Crippen LogP contribution is -2.21. The standard InChI is InChI=1S/C16H15FN4O2/c1-11(9-15(22)19-14-3-2-8-18-10-14)20-21-16(23)12-4-6-13(17)7-5-12/h2-8,10H,9H2,1H3,(H,19,22)(H,21,23)/b20-11-. The van der Waals surface area contributed by atoms with Gasteiger partial charge < -0.3 is 5.32 Å². The highest BCUT2D eigenvalue weighted by Crippen LogP contribution is 2.04. The van der Waals surface area contributed by atoms with Crippen molar-refractivity contribution in [3.8, 4) is 0 Å². The van der Waals surface area contributed by atoms with Gasteiger partial charge in [0.15, 0.2) is 0 Å². The molecular formula is C16H15FN4O2. The molecule has 0 saturated carbocycles. The third-order valence-corrected chi connectivity index (χ3v) is 2.82.